The maximum atomic E-state index is 11.5. The summed E-state index contributed by atoms with van der Waals surface area (Å²) in [6.45, 7) is 1.64. The first-order chi connectivity index (χ1) is 11.0. The zero-order valence-corrected chi connectivity index (χ0v) is 12.5. The number of rotatable bonds is 3. The van der Waals surface area contributed by atoms with E-state index in [1.54, 1.807) is 19.1 Å². The van der Waals surface area contributed by atoms with Crippen molar-refractivity contribution in [2.24, 2.45) is 5.16 Å². The normalized spacial score (nSPS) is 15.7. The molecular weight excluding hydrogens is 324 g/mol. The van der Waals surface area contributed by atoms with Gasteiger partial charge in [0, 0.05) is 17.7 Å². The average molecular weight is 333 g/mol. The Hall–Kier alpha value is -2.93. The van der Waals surface area contributed by atoms with E-state index in [2.05, 4.69) is 9.99 Å². The minimum absolute atomic E-state index is 0.0944. The van der Waals surface area contributed by atoms with Gasteiger partial charge in [-0.15, -0.1) is 0 Å². The van der Waals surface area contributed by atoms with Crippen molar-refractivity contribution >= 4 is 35.0 Å². The topological polar surface area (TPSA) is 94.9 Å². The van der Waals surface area contributed by atoms with E-state index in [0.29, 0.717) is 27.8 Å². The quantitative estimate of drug-likeness (QED) is 0.368. The summed E-state index contributed by atoms with van der Waals surface area (Å²) in [4.78, 5) is 26.4. The summed E-state index contributed by atoms with van der Waals surface area (Å²) in [5.41, 5.74) is 1.03. The lowest BCUT2D eigenvalue weighted by Crippen LogP contribution is -2.01. The Morgan fingerprint density at radius 2 is 2.09 bits per heavy atom. The second-order valence-corrected chi connectivity index (χ2v) is 5.14. The van der Waals surface area contributed by atoms with Crippen LogP contribution in [0.5, 0.6) is 0 Å². The van der Waals surface area contributed by atoms with E-state index in [9.17, 15) is 14.9 Å². The van der Waals surface area contributed by atoms with E-state index in [1.165, 1.54) is 24.3 Å². The Morgan fingerprint density at radius 3 is 2.74 bits per heavy atom. The van der Waals surface area contributed by atoms with Crippen LogP contribution in [0, 0.1) is 10.1 Å². The van der Waals surface area contributed by atoms with Crippen molar-refractivity contribution in [3.05, 3.63) is 56.8 Å². The van der Waals surface area contributed by atoms with Gasteiger partial charge >= 0.3 is 5.97 Å². The summed E-state index contributed by atoms with van der Waals surface area (Å²) in [7, 11) is 0. The van der Waals surface area contributed by atoms with Crippen LogP contribution in [-0.2, 0) is 9.63 Å². The molecule has 116 valence electrons. The summed E-state index contributed by atoms with van der Waals surface area (Å²) >= 11 is 6.07. The molecule has 0 atom stereocenters. The molecule has 0 spiro atoms. The molecule has 0 saturated carbocycles. The van der Waals surface area contributed by atoms with Gasteiger partial charge in [-0.05, 0) is 31.2 Å². The molecule has 1 aromatic carbocycles. The molecule has 23 heavy (non-hydrogen) atoms. The van der Waals surface area contributed by atoms with E-state index >= 15 is 0 Å². The Bertz CT molecular complexity index is 882. The van der Waals surface area contributed by atoms with Gasteiger partial charge in [-0.2, -0.15) is 0 Å². The molecule has 8 heteroatoms. The maximum absolute atomic E-state index is 11.5. The largest absolute Gasteiger partial charge is 0.457 e. The van der Waals surface area contributed by atoms with Crippen LogP contribution in [0.1, 0.15) is 12.7 Å². The van der Waals surface area contributed by atoms with Crippen LogP contribution in [0.25, 0.3) is 17.4 Å². The summed E-state index contributed by atoms with van der Waals surface area (Å²) in [5.74, 6) is 0.173. The fraction of sp³-hybridized carbons (Fsp3) is 0.0667. The fourth-order valence-electron chi connectivity index (χ4n) is 2.05. The zero-order chi connectivity index (χ0) is 16.6. The lowest BCUT2D eigenvalue weighted by molar-refractivity contribution is -0.384. The van der Waals surface area contributed by atoms with Crippen LogP contribution >= 0.6 is 11.6 Å². The second kappa shape index (κ2) is 5.69. The summed E-state index contributed by atoms with van der Waals surface area (Å²) in [6.07, 6.45) is 1.49. The third-order valence-electron chi connectivity index (χ3n) is 3.21. The highest BCUT2D eigenvalue weighted by Crippen LogP contribution is 2.33. The molecule has 0 amide bonds. The number of carbonyl (C=O) groups is 1. The SMILES string of the molecule is CC1=NOC(=O)/C1=C\c1ccc(-c2cc([N+](=O)[O-])ccc2Cl)o1. The third kappa shape index (κ3) is 2.86. The van der Waals surface area contributed by atoms with Crippen LogP contribution in [0.15, 0.2) is 45.5 Å². The number of non-ortho nitro benzene ring substituents is 1. The highest BCUT2D eigenvalue weighted by atomic mass is 35.5. The van der Waals surface area contributed by atoms with Gasteiger partial charge in [0.15, 0.2) is 0 Å². The van der Waals surface area contributed by atoms with Gasteiger partial charge < -0.3 is 9.25 Å². The number of nitro groups is 1. The van der Waals surface area contributed by atoms with E-state index in [-0.39, 0.29) is 11.3 Å². The highest BCUT2D eigenvalue weighted by molar-refractivity contribution is 6.33. The van der Waals surface area contributed by atoms with Gasteiger partial charge in [-0.25, -0.2) is 4.79 Å². The van der Waals surface area contributed by atoms with Crippen LogP contribution in [0.2, 0.25) is 5.02 Å². The fourth-order valence-corrected chi connectivity index (χ4v) is 2.26. The van der Waals surface area contributed by atoms with Gasteiger partial charge in [0.25, 0.3) is 5.69 Å². The van der Waals surface area contributed by atoms with Crippen molar-refractivity contribution < 1.29 is 19.0 Å². The van der Waals surface area contributed by atoms with Crippen molar-refractivity contribution in [1.29, 1.82) is 0 Å². The number of hydrogen-bond donors (Lipinski definition) is 0. The number of nitrogens with zero attached hydrogens (tertiary/aromatic N) is 2. The molecule has 0 fully saturated rings. The highest BCUT2D eigenvalue weighted by Gasteiger charge is 2.22. The molecule has 1 aromatic heterocycles. The van der Waals surface area contributed by atoms with Crippen molar-refractivity contribution in [3.63, 3.8) is 0 Å². The summed E-state index contributed by atoms with van der Waals surface area (Å²) < 4.78 is 5.60. The lowest BCUT2D eigenvalue weighted by atomic mass is 10.1. The van der Waals surface area contributed by atoms with Crippen molar-refractivity contribution in [2.45, 2.75) is 6.92 Å². The number of hydrogen-bond acceptors (Lipinski definition) is 6. The van der Waals surface area contributed by atoms with Crippen molar-refractivity contribution in [1.82, 2.24) is 0 Å². The molecule has 0 aliphatic carbocycles. The van der Waals surface area contributed by atoms with Gasteiger partial charge in [-0.3, -0.25) is 10.1 Å². The number of halogens is 1. The molecule has 2 heterocycles. The molecule has 7 nitrogen and oxygen atoms in total. The molecule has 0 radical (unpaired) electrons. The Labute approximate surface area is 134 Å². The molecule has 1 aliphatic rings. The van der Waals surface area contributed by atoms with Gasteiger partial charge in [-0.1, -0.05) is 16.8 Å². The first-order valence-electron chi connectivity index (χ1n) is 6.48. The number of carbonyl (C=O) groups excluding carboxylic acids is 1. The van der Waals surface area contributed by atoms with Crippen LogP contribution in [0.4, 0.5) is 5.69 Å². The van der Waals surface area contributed by atoms with Crippen LogP contribution < -0.4 is 0 Å². The van der Waals surface area contributed by atoms with Crippen molar-refractivity contribution in [2.75, 3.05) is 0 Å². The second-order valence-electron chi connectivity index (χ2n) is 4.74. The predicted octanol–water partition coefficient (Wildman–Crippen LogP) is 3.82. The molecule has 0 unspecified atom stereocenters. The Kier molecular flexibility index (Phi) is 3.71. The Balaban J connectivity index is 1.98. The van der Waals surface area contributed by atoms with Gasteiger partial charge in [0.2, 0.25) is 0 Å². The van der Waals surface area contributed by atoms with Gasteiger partial charge in [0.05, 0.1) is 21.2 Å². The number of benzene rings is 1. The van der Waals surface area contributed by atoms with Crippen LogP contribution in [0.3, 0.4) is 0 Å². The van der Waals surface area contributed by atoms with Crippen LogP contribution in [-0.4, -0.2) is 16.6 Å². The first-order valence-corrected chi connectivity index (χ1v) is 6.85. The minimum Gasteiger partial charge on any atom is -0.457 e. The first kappa shape index (κ1) is 15.0. The molecule has 0 N–H and O–H groups in total. The van der Waals surface area contributed by atoms with Gasteiger partial charge in [0.1, 0.15) is 11.5 Å². The third-order valence-corrected chi connectivity index (χ3v) is 3.54. The summed E-state index contributed by atoms with van der Waals surface area (Å²) in [6, 6.07) is 7.31. The number of furan rings is 1. The predicted molar refractivity (Wildman–Crippen MR) is 83.0 cm³/mol. The molecular formula is C15H9ClN2O5. The number of nitro benzene ring substituents is 1. The van der Waals surface area contributed by atoms with E-state index in [0.717, 1.165) is 0 Å². The Morgan fingerprint density at radius 1 is 1.30 bits per heavy atom. The van der Waals surface area contributed by atoms with E-state index < -0.39 is 10.9 Å². The molecule has 0 saturated heterocycles. The van der Waals surface area contributed by atoms with E-state index in [1.807, 2.05) is 0 Å². The average Bonchev–Trinajstić information content (AvgIpc) is 3.10. The van der Waals surface area contributed by atoms with E-state index in [4.69, 9.17) is 16.0 Å². The number of oxime groups is 1. The molecule has 0 bridgehead atoms. The molecule has 1 aliphatic heterocycles. The van der Waals surface area contributed by atoms with Crippen molar-refractivity contribution in [3.8, 4) is 11.3 Å². The maximum Gasteiger partial charge on any atom is 0.367 e. The smallest absolute Gasteiger partial charge is 0.367 e. The minimum atomic E-state index is -0.561. The summed E-state index contributed by atoms with van der Waals surface area (Å²) in [5, 5.41) is 14.7. The molecule has 2 aromatic rings. The monoisotopic (exact) mass is 332 g/mol. The molecule has 3 rings (SSSR count). The lowest BCUT2D eigenvalue weighted by Gasteiger charge is -2.00. The zero-order valence-electron chi connectivity index (χ0n) is 11.8. The standard InChI is InChI=1S/C15H9ClN2O5/c1-8-11(15(19)23-17-8)7-10-3-5-14(22-10)12-6-9(18(20)21)2-4-13(12)16/h2-7H,1H3/b11-7-.